The van der Waals surface area contributed by atoms with E-state index in [2.05, 4.69) is 10.6 Å². The van der Waals surface area contributed by atoms with Crippen LogP contribution in [0.2, 0.25) is 0 Å². The number of morpholine rings is 1. The second-order valence-corrected chi connectivity index (χ2v) is 4.26. The van der Waals surface area contributed by atoms with Crippen molar-refractivity contribution < 1.29 is 14.3 Å². The minimum absolute atomic E-state index is 0. The number of methoxy groups -OCH3 is 1. The third kappa shape index (κ3) is 4.09. The molecule has 2 rings (SSSR count). The van der Waals surface area contributed by atoms with Crippen LogP contribution in [0.3, 0.4) is 0 Å². The average Bonchev–Trinajstić information content (AvgIpc) is 2.41. The molecule has 1 aromatic rings. The summed E-state index contributed by atoms with van der Waals surface area (Å²) in [7, 11) is 1.59. The maximum Gasteiger partial charge on any atom is 0.254 e. The van der Waals surface area contributed by atoms with Crippen LogP contribution in [0.5, 0.6) is 5.75 Å². The first-order valence-corrected chi connectivity index (χ1v) is 5.98. The number of carbonyl (C=O) groups excluding carboxylic acids is 1. The van der Waals surface area contributed by atoms with Crippen LogP contribution < -0.4 is 15.4 Å². The Balaban J connectivity index is 0.00000180. The lowest BCUT2D eigenvalue weighted by Gasteiger charge is -2.23. The van der Waals surface area contributed by atoms with Gasteiger partial charge in [0.25, 0.3) is 5.91 Å². The molecule has 1 fully saturated rings. The summed E-state index contributed by atoms with van der Waals surface area (Å²) in [6, 6.07) is 5.65. The smallest absolute Gasteiger partial charge is 0.254 e. The van der Waals surface area contributed by atoms with Crippen LogP contribution in [0.15, 0.2) is 18.2 Å². The molecule has 19 heavy (non-hydrogen) atoms. The molecule has 1 unspecified atom stereocenters. The van der Waals surface area contributed by atoms with Crippen molar-refractivity contribution in [2.75, 3.05) is 32.1 Å². The summed E-state index contributed by atoms with van der Waals surface area (Å²) >= 11 is 0. The number of anilines is 1. The number of hydrogen-bond donors (Lipinski definition) is 2. The van der Waals surface area contributed by atoms with Gasteiger partial charge in [0.15, 0.2) is 0 Å². The monoisotopic (exact) mass is 286 g/mol. The molecule has 1 saturated heterocycles. The quantitative estimate of drug-likeness (QED) is 0.881. The molecule has 0 aliphatic carbocycles. The van der Waals surface area contributed by atoms with E-state index in [1.54, 1.807) is 7.11 Å². The van der Waals surface area contributed by atoms with Crippen LogP contribution in [-0.4, -0.2) is 38.8 Å². The maximum absolute atomic E-state index is 12.0. The zero-order valence-corrected chi connectivity index (χ0v) is 11.9. The number of hydrogen-bond acceptors (Lipinski definition) is 4. The molecule has 2 N–H and O–H groups in total. The fraction of sp³-hybridized carbons (Fsp3) is 0.462. The van der Waals surface area contributed by atoms with Crippen LogP contribution >= 0.6 is 12.4 Å². The van der Waals surface area contributed by atoms with Crippen molar-refractivity contribution in [2.24, 2.45) is 0 Å². The molecule has 6 heteroatoms. The van der Waals surface area contributed by atoms with Gasteiger partial charge in [0, 0.05) is 13.1 Å². The van der Waals surface area contributed by atoms with E-state index in [0.29, 0.717) is 24.6 Å². The van der Waals surface area contributed by atoms with Gasteiger partial charge in [-0.3, -0.25) is 4.79 Å². The van der Waals surface area contributed by atoms with Crippen molar-refractivity contribution in [3.05, 3.63) is 23.8 Å². The molecule has 5 nitrogen and oxygen atoms in total. The van der Waals surface area contributed by atoms with Crippen LogP contribution in [0.1, 0.15) is 5.56 Å². The maximum atomic E-state index is 12.0. The van der Waals surface area contributed by atoms with E-state index in [4.69, 9.17) is 9.47 Å². The molecule has 1 aromatic carbocycles. The molecule has 1 aliphatic heterocycles. The Morgan fingerprint density at radius 1 is 1.53 bits per heavy atom. The van der Waals surface area contributed by atoms with Crippen molar-refractivity contribution in [1.29, 1.82) is 0 Å². The van der Waals surface area contributed by atoms with E-state index in [-0.39, 0.29) is 18.3 Å². The van der Waals surface area contributed by atoms with Gasteiger partial charge >= 0.3 is 0 Å². The first-order chi connectivity index (χ1) is 8.70. The first-order valence-electron chi connectivity index (χ1n) is 5.98. The number of aryl methyl sites for hydroxylation is 1. The molecule has 0 spiro atoms. The average molecular weight is 287 g/mol. The standard InChI is InChI=1S/C13H18N2O3.ClH/c1-9-3-4-10(11(7-9)17-2)15-13(16)12-8-14-5-6-18-12;/h3-4,7,12,14H,5-6,8H2,1-2H3,(H,15,16);1H. The van der Waals surface area contributed by atoms with Gasteiger partial charge in [-0.25, -0.2) is 0 Å². The van der Waals surface area contributed by atoms with Crippen molar-refractivity contribution in [3.63, 3.8) is 0 Å². The molecule has 1 heterocycles. The van der Waals surface area contributed by atoms with Gasteiger partial charge in [0.2, 0.25) is 0 Å². The van der Waals surface area contributed by atoms with Crippen LogP contribution in [0.25, 0.3) is 0 Å². The number of amides is 1. The van der Waals surface area contributed by atoms with Gasteiger partial charge in [-0.05, 0) is 24.6 Å². The Bertz CT molecular complexity index is 434. The SMILES string of the molecule is COc1cc(C)ccc1NC(=O)C1CNCCO1.Cl. The predicted octanol–water partition coefficient (Wildman–Crippen LogP) is 1.35. The summed E-state index contributed by atoms with van der Waals surface area (Å²) in [6.45, 7) is 3.86. The van der Waals surface area contributed by atoms with Gasteiger partial charge in [-0.2, -0.15) is 0 Å². The zero-order valence-electron chi connectivity index (χ0n) is 11.1. The van der Waals surface area contributed by atoms with Crippen LogP contribution in [0, 0.1) is 6.92 Å². The van der Waals surface area contributed by atoms with E-state index < -0.39 is 6.10 Å². The number of rotatable bonds is 3. The van der Waals surface area contributed by atoms with Gasteiger partial charge in [0.1, 0.15) is 11.9 Å². The van der Waals surface area contributed by atoms with E-state index in [1.807, 2.05) is 25.1 Å². The number of carbonyl (C=O) groups is 1. The highest BCUT2D eigenvalue weighted by molar-refractivity contribution is 5.95. The third-order valence-corrected chi connectivity index (χ3v) is 2.83. The normalized spacial score (nSPS) is 18.3. The van der Waals surface area contributed by atoms with E-state index in [0.717, 1.165) is 12.1 Å². The Hall–Kier alpha value is -1.30. The van der Waals surface area contributed by atoms with Gasteiger partial charge < -0.3 is 20.1 Å². The minimum atomic E-state index is -0.440. The summed E-state index contributed by atoms with van der Waals surface area (Å²) in [5.74, 6) is 0.511. The number of benzene rings is 1. The first kappa shape index (κ1) is 15.8. The van der Waals surface area contributed by atoms with Crippen molar-refractivity contribution >= 4 is 24.0 Å². The van der Waals surface area contributed by atoms with Crippen molar-refractivity contribution in [3.8, 4) is 5.75 Å². The number of halogens is 1. The predicted molar refractivity (Wildman–Crippen MR) is 76.2 cm³/mol. The molecule has 0 saturated carbocycles. The van der Waals surface area contributed by atoms with E-state index >= 15 is 0 Å². The van der Waals surface area contributed by atoms with Crippen LogP contribution in [0.4, 0.5) is 5.69 Å². The Labute approximate surface area is 119 Å². The van der Waals surface area contributed by atoms with Crippen LogP contribution in [-0.2, 0) is 9.53 Å². The van der Waals surface area contributed by atoms with Crippen molar-refractivity contribution in [2.45, 2.75) is 13.0 Å². The summed E-state index contributed by atoms with van der Waals surface area (Å²) in [5, 5.41) is 5.95. The zero-order chi connectivity index (χ0) is 13.0. The number of ether oxygens (including phenoxy) is 2. The second kappa shape index (κ2) is 7.33. The largest absolute Gasteiger partial charge is 0.495 e. The van der Waals surface area contributed by atoms with Crippen molar-refractivity contribution in [1.82, 2.24) is 5.32 Å². The Kier molecular flexibility index (Phi) is 6.08. The van der Waals surface area contributed by atoms with E-state index in [1.165, 1.54) is 0 Å². The Morgan fingerprint density at radius 2 is 2.32 bits per heavy atom. The van der Waals surface area contributed by atoms with Gasteiger partial charge in [-0.1, -0.05) is 6.07 Å². The molecular weight excluding hydrogens is 268 g/mol. The Morgan fingerprint density at radius 3 is 2.95 bits per heavy atom. The summed E-state index contributed by atoms with van der Waals surface area (Å²) in [5.41, 5.74) is 1.75. The molecule has 1 atom stereocenters. The topological polar surface area (TPSA) is 59.6 Å². The second-order valence-electron chi connectivity index (χ2n) is 4.26. The third-order valence-electron chi connectivity index (χ3n) is 2.83. The van der Waals surface area contributed by atoms with Gasteiger partial charge in [0.05, 0.1) is 19.4 Å². The lowest BCUT2D eigenvalue weighted by Crippen LogP contribution is -2.45. The fourth-order valence-corrected chi connectivity index (χ4v) is 1.85. The highest BCUT2D eigenvalue weighted by atomic mass is 35.5. The molecule has 0 bridgehead atoms. The summed E-state index contributed by atoms with van der Waals surface area (Å²) in [4.78, 5) is 12.0. The fourth-order valence-electron chi connectivity index (χ4n) is 1.85. The van der Waals surface area contributed by atoms with E-state index in [9.17, 15) is 4.79 Å². The molecular formula is C13H19ClN2O3. The lowest BCUT2D eigenvalue weighted by molar-refractivity contribution is -0.128. The highest BCUT2D eigenvalue weighted by Gasteiger charge is 2.22. The molecule has 1 aliphatic rings. The lowest BCUT2D eigenvalue weighted by atomic mass is 10.2. The molecule has 0 aromatic heterocycles. The summed E-state index contributed by atoms with van der Waals surface area (Å²) < 4.78 is 10.6. The minimum Gasteiger partial charge on any atom is -0.495 e. The number of nitrogens with one attached hydrogen (secondary N) is 2. The summed E-state index contributed by atoms with van der Waals surface area (Å²) in [6.07, 6.45) is -0.440. The molecule has 1 amide bonds. The van der Waals surface area contributed by atoms with Gasteiger partial charge in [-0.15, -0.1) is 12.4 Å². The molecule has 0 radical (unpaired) electrons. The molecule has 106 valence electrons. The highest BCUT2D eigenvalue weighted by Crippen LogP contribution is 2.25.